The lowest BCUT2D eigenvalue weighted by Gasteiger charge is -2.33. The number of likely N-dealkylation sites (tertiary alicyclic amines) is 1. The number of carbonyl (C=O) groups is 2. The first-order chi connectivity index (χ1) is 10.9. The van der Waals surface area contributed by atoms with Gasteiger partial charge in [-0.05, 0) is 45.2 Å². The second kappa shape index (κ2) is 7.49. The number of anilines is 1. The highest BCUT2D eigenvalue weighted by atomic mass is 16.2. The van der Waals surface area contributed by atoms with Gasteiger partial charge in [-0.2, -0.15) is 0 Å². The zero-order valence-electron chi connectivity index (χ0n) is 14.3. The fraction of sp³-hybridized carbons (Fsp3) is 0.556. The van der Waals surface area contributed by atoms with Crippen LogP contribution in [0.2, 0.25) is 0 Å². The number of nitrogens with two attached hydrogens (primary N) is 1. The Morgan fingerprint density at radius 1 is 1.26 bits per heavy atom. The molecule has 0 unspecified atom stereocenters. The number of benzene rings is 1. The van der Waals surface area contributed by atoms with E-state index in [-0.39, 0.29) is 17.7 Å². The van der Waals surface area contributed by atoms with Crippen LogP contribution < -0.4 is 10.6 Å². The normalized spacial score (nSPS) is 15.5. The van der Waals surface area contributed by atoms with E-state index < -0.39 is 0 Å². The summed E-state index contributed by atoms with van der Waals surface area (Å²) in [7, 11) is 0. The SMILES string of the molecule is CCN(CC(=O)N1CCC(C(N)=O)CC1)c1ccc(C)cc1C. The predicted octanol–water partition coefficient (Wildman–Crippen LogP) is 1.85. The molecule has 2 rings (SSSR count). The molecule has 2 N–H and O–H groups in total. The minimum absolute atomic E-state index is 0.0827. The summed E-state index contributed by atoms with van der Waals surface area (Å²) in [6, 6.07) is 6.30. The van der Waals surface area contributed by atoms with Crippen LogP contribution in [-0.4, -0.2) is 42.9 Å². The number of aryl methyl sites for hydroxylation is 2. The van der Waals surface area contributed by atoms with Gasteiger partial charge < -0.3 is 15.5 Å². The van der Waals surface area contributed by atoms with Crippen molar-refractivity contribution in [1.29, 1.82) is 0 Å². The zero-order chi connectivity index (χ0) is 17.0. The lowest BCUT2D eigenvalue weighted by atomic mass is 9.96. The minimum Gasteiger partial charge on any atom is -0.369 e. The van der Waals surface area contributed by atoms with Crippen LogP contribution in [0.5, 0.6) is 0 Å². The Balaban J connectivity index is 1.99. The number of amides is 2. The molecule has 0 saturated carbocycles. The molecule has 2 amide bonds. The molecule has 5 heteroatoms. The summed E-state index contributed by atoms with van der Waals surface area (Å²) < 4.78 is 0. The number of hydrogen-bond donors (Lipinski definition) is 1. The van der Waals surface area contributed by atoms with Crippen LogP contribution in [0.15, 0.2) is 18.2 Å². The topological polar surface area (TPSA) is 66.6 Å². The van der Waals surface area contributed by atoms with Crippen molar-refractivity contribution in [3.63, 3.8) is 0 Å². The van der Waals surface area contributed by atoms with Gasteiger partial charge in [0.15, 0.2) is 0 Å². The summed E-state index contributed by atoms with van der Waals surface area (Å²) in [5.74, 6) is -0.210. The molecule has 23 heavy (non-hydrogen) atoms. The molecule has 0 atom stereocenters. The molecule has 0 aromatic heterocycles. The molecule has 1 aromatic carbocycles. The molecule has 1 heterocycles. The summed E-state index contributed by atoms with van der Waals surface area (Å²) in [4.78, 5) is 27.7. The molecular formula is C18H27N3O2. The van der Waals surface area contributed by atoms with E-state index in [9.17, 15) is 9.59 Å². The molecule has 1 aromatic rings. The molecule has 5 nitrogen and oxygen atoms in total. The Kier molecular flexibility index (Phi) is 5.64. The largest absolute Gasteiger partial charge is 0.369 e. The van der Waals surface area contributed by atoms with Crippen LogP contribution in [0.3, 0.4) is 0 Å². The summed E-state index contributed by atoms with van der Waals surface area (Å²) in [5, 5.41) is 0. The van der Waals surface area contributed by atoms with Crippen molar-refractivity contribution in [1.82, 2.24) is 4.90 Å². The van der Waals surface area contributed by atoms with E-state index >= 15 is 0 Å². The Morgan fingerprint density at radius 2 is 1.91 bits per heavy atom. The highest BCUT2D eigenvalue weighted by Crippen LogP contribution is 2.22. The molecule has 1 aliphatic rings. The van der Waals surface area contributed by atoms with Crippen molar-refractivity contribution in [2.45, 2.75) is 33.6 Å². The molecular weight excluding hydrogens is 290 g/mol. The van der Waals surface area contributed by atoms with Crippen LogP contribution in [0, 0.1) is 19.8 Å². The first-order valence-corrected chi connectivity index (χ1v) is 8.31. The third-order valence-corrected chi connectivity index (χ3v) is 4.65. The third kappa shape index (κ3) is 4.24. The quantitative estimate of drug-likeness (QED) is 0.901. The van der Waals surface area contributed by atoms with Gasteiger partial charge >= 0.3 is 0 Å². The van der Waals surface area contributed by atoms with Crippen molar-refractivity contribution >= 4 is 17.5 Å². The van der Waals surface area contributed by atoms with E-state index in [0.717, 1.165) is 12.2 Å². The Morgan fingerprint density at radius 3 is 2.43 bits per heavy atom. The van der Waals surface area contributed by atoms with Crippen molar-refractivity contribution in [2.75, 3.05) is 31.1 Å². The number of piperidine rings is 1. The molecule has 0 radical (unpaired) electrons. The highest BCUT2D eigenvalue weighted by molar-refractivity contribution is 5.82. The first kappa shape index (κ1) is 17.3. The van der Waals surface area contributed by atoms with Gasteiger partial charge in [0, 0.05) is 31.2 Å². The van der Waals surface area contributed by atoms with Crippen molar-refractivity contribution in [3.8, 4) is 0 Å². The smallest absolute Gasteiger partial charge is 0.242 e. The number of primary amides is 1. The second-order valence-electron chi connectivity index (χ2n) is 6.36. The fourth-order valence-electron chi connectivity index (χ4n) is 3.20. The number of rotatable bonds is 5. The van der Waals surface area contributed by atoms with Gasteiger partial charge in [0.05, 0.1) is 6.54 Å². The molecule has 1 aliphatic heterocycles. The highest BCUT2D eigenvalue weighted by Gasteiger charge is 2.26. The lowest BCUT2D eigenvalue weighted by Crippen LogP contribution is -2.46. The number of nitrogens with zero attached hydrogens (tertiary/aromatic N) is 2. The number of likely N-dealkylation sites (N-methyl/N-ethyl adjacent to an activating group) is 1. The summed E-state index contributed by atoms with van der Waals surface area (Å²) in [6.45, 7) is 8.61. The van der Waals surface area contributed by atoms with Gasteiger partial charge in [-0.15, -0.1) is 0 Å². The van der Waals surface area contributed by atoms with E-state index in [4.69, 9.17) is 5.73 Å². The van der Waals surface area contributed by atoms with Gasteiger partial charge in [0.2, 0.25) is 11.8 Å². The van der Waals surface area contributed by atoms with E-state index in [0.29, 0.717) is 32.5 Å². The summed E-state index contributed by atoms with van der Waals surface area (Å²) in [5.41, 5.74) is 8.87. The predicted molar refractivity (Wildman–Crippen MR) is 92.3 cm³/mol. The number of carbonyl (C=O) groups excluding carboxylic acids is 2. The molecule has 0 aliphatic carbocycles. The Hall–Kier alpha value is -2.04. The molecule has 0 bridgehead atoms. The number of hydrogen-bond acceptors (Lipinski definition) is 3. The molecule has 126 valence electrons. The Labute approximate surface area is 138 Å². The fourth-order valence-corrected chi connectivity index (χ4v) is 3.20. The van der Waals surface area contributed by atoms with Crippen LogP contribution in [0.1, 0.15) is 30.9 Å². The van der Waals surface area contributed by atoms with Gasteiger partial charge in [0.1, 0.15) is 0 Å². The Bertz CT molecular complexity index is 578. The summed E-state index contributed by atoms with van der Waals surface area (Å²) >= 11 is 0. The molecule has 1 saturated heterocycles. The monoisotopic (exact) mass is 317 g/mol. The minimum atomic E-state index is -0.248. The maximum absolute atomic E-state index is 12.6. The van der Waals surface area contributed by atoms with Crippen molar-refractivity contribution < 1.29 is 9.59 Å². The van der Waals surface area contributed by atoms with Crippen LogP contribution in [0.25, 0.3) is 0 Å². The standard InChI is InChI=1S/C18H27N3O2/c1-4-20(16-6-5-13(2)11-14(16)3)12-17(22)21-9-7-15(8-10-21)18(19)23/h5-6,11,15H,4,7-10,12H2,1-3H3,(H2,19,23). The van der Waals surface area contributed by atoms with Crippen molar-refractivity contribution in [3.05, 3.63) is 29.3 Å². The second-order valence-corrected chi connectivity index (χ2v) is 6.36. The van der Waals surface area contributed by atoms with Gasteiger partial charge in [-0.3, -0.25) is 9.59 Å². The van der Waals surface area contributed by atoms with Gasteiger partial charge in [-0.1, -0.05) is 17.7 Å². The third-order valence-electron chi connectivity index (χ3n) is 4.65. The van der Waals surface area contributed by atoms with Crippen molar-refractivity contribution in [2.24, 2.45) is 11.7 Å². The zero-order valence-corrected chi connectivity index (χ0v) is 14.3. The average Bonchev–Trinajstić information content (AvgIpc) is 2.53. The van der Waals surface area contributed by atoms with Crippen LogP contribution in [0.4, 0.5) is 5.69 Å². The average molecular weight is 317 g/mol. The summed E-state index contributed by atoms with van der Waals surface area (Å²) in [6.07, 6.45) is 1.35. The maximum atomic E-state index is 12.6. The van der Waals surface area contributed by atoms with E-state index in [1.807, 2.05) is 4.90 Å². The lowest BCUT2D eigenvalue weighted by molar-refractivity contribution is -0.133. The van der Waals surface area contributed by atoms with E-state index in [1.54, 1.807) is 0 Å². The molecule has 0 spiro atoms. The van der Waals surface area contributed by atoms with Gasteiger partial charge in [0.25, 0.3) is 0 Å². The first-order valence-electron chi connectivity index (χ1n) is 8.31. The van der Waals surface area contributed by atoms with Crippen LogP contribution >= 0.6 is 0 Å². The van der Waals surface area contributed by atoms with Gasteiger partial charge in [-0.25, -0.2) is 0 Å². The molecule has 1 fully saturated rings. The van der Waals surface area contributed by atoms with Crippen LogP contribution in [-0.2, 0) is 9.59 Å². The van der Waals surface area contributed by atoms with E-state index in [1.165, 1.54) is 11.1 Å². The van der Waals surface area contributed by atoms with E-state index in [2.05, 4.69) is 43.9 Å². The maximum Gasteiger partial charge on any atom is 0.242 e.